The number of likely N-dealkylation sites (N-methyl/N-ethyl adjacent to an activating group) is 1. The van der Waals surface area contributed by atoms with Gasteiger partial charge in [-0.3, -0.25) is 4.79 Å². The van der Waals surface area contributed by atoms with E-state index in [0.29, 0.717) is 0 Å². The summed E-state index contributed by atoms with van der Waals surface area (Å²) in [6, 6.07) is 8.00. The Morgan fingerprint density at radius 1 is 0.972 bits per heavy atom. The number of rotatable bonds is 10. The van der Waals surface area contributed by atoms with Gasteiger partial charge in [-0.05, 0) is 91.1 Å². The minimum Gasteiger partial charge on any atom is -0.373 e. The first kappa shape index (κ1) is 30.6. The molecule has 0 aliphatic heterocycles. The Morgan fingerprint density at radius 3 is 2.22 bits per heavy atom. The number of nitrogens with zero attached hydrogens (tertiary/aromatic N) is 2. The molecule has 1 heterocycles. The van der Waals surface area contributed by atoms with Crippen LogP contribution in [0.25, 0.3) is 12.2 Å². The number of hydrogen-bond acceptors (Lipinski definition) is 4. The van der Waals surface area contributed by atoms with Gasteiger partial charge in [0, 0.05) is 31.6 Å². The molecule has 0 spiro atoms. The molecular weight excluding hydrogens is 442 g/mol. The molecule has 194 valence electrons. The molecule has 36 heavy (non-hydrogen) atoms. The first-order valence-corrected chi connectivity index (χ1v) is 13.1. The average molecular weight is 488 g/mol. The number of benzene rings is 1. The second-order valence-electron chi connectivity index (χ2n) is 8.38. The van der Waals surface area contributed by atoms with Crippen LogP contribution in [-0.4, -0.2) is 30.3 Å². The van der Waals surface area contributed by atoms with Gasteiger partial charge >= 0.3 is 0 Å². The van der Waals surface area contributed by atoms with Crippen molar-refractivity contribution in [3.63, 3.8) is 0 Å². The highest BCUT2D eigenvalue weighted by molar-refractivity contribution is 5.75. The van der Waals surface area contributed by atoms with E-state index in [2.05, 4.69) is 106 Å². The van der Waals surface area contributed by atoms with Crippen molar-refractivity contribution in [2.75, 3.05) is 19.4 Å². The van der Waals surface area contributed by atoms with Crippen LogP contribution in [0.3, 0.4) is 0 Å². The fraction of sp³-hybridized carbons (Fsp3) is 0.375. The lowest BCUT2D eigenvalue weighted by atomic mass is 10.0. The lowest BCUT2D eigenvalue weighted by molar-refractivity contribution is 0.112. The maximum Gasteiger partial charge on any atom is 0.150 e. The van der Waals surface area contributed by atoms with Crippen molar-refractivity contribution < 1.29 is 4.79 Å². The van der Waals surface area contributed by atoms with Gasteiger partial charge in [-0.15, -0.1) is 0 Å². The van der Waals surface area contributed by atoms with Crippen molar-refractivity contribution in [3.05, 3.63) is 93.3 Å². The zero-order valence-electron chi connectivity index (χ0n) is 23.6. The van der Waals surface area contributed by atoms with E-state index in [0.717, 1.165) is 48.6 Å². The minimum atomic E-state index is 0.782. The van der Waals surface area contributed by atoms with Crippen molar-refractivity contribution in [2.24, 2.45) is 0 Å². The number of aromatic nitrogens is 1. The second-order valence-corrected chi connectivity index (χ2v) is 8.38. The fourth-order valence-corrected chi connectivity index (χ4v) is 3.92. The predicted molar refractivity (Wildman–Crippen MR) is 158 cm³/mol. The fourth-order valence-electron chi connectivity index (χ4n) is 3.92. The van der Waals surface area contributed by atoms with Gasteiger partial charge in [-0.2, -0.15) is 0 Å². The minimum absolute atomic E-state index is 0.782. The number of allylic oxidation sites excluding steroid dienone is 4. The van der Waals surface area contributed by atoms with Crippen LogP contribution in [0.1, 0.15) is 75.9 Å². The molecule has 0 unspecified atom stereocenters. The van der Waals surface area contributed by atoms with Crippen LogP contribution in [0.15, 0.2) is 66.2 Å². The number of nitrogens with one attached hydrogen (secondary N) is 1. The van der Waals surface area contributed by atoms with Gasteiger partial charge in [0.05, 0.1) is 0 Å². The maximum absolute atomic E-state index is 10.5. The van der Waals surface area contributed by atoms with Crippen molar-refractivity contribution in [2.45, 2.75) is 67.2 Å². The summed E-state index contributed by atoms with van der Waals surface area (Å²) in [6.07, 6.45) is 19.9. The van der Waals surface area contributed by atoms with Crippen molar-refractivity contribution in [1.82, 2.24) is 9.88 Å². The molecule has 4 nitrogen and oxygen atoms in total. The molecule has 0 saturated carbocycles. The van der Waals surface area contributed by atoms with Gasteiger partial charge < -0.3 is 10.2 Å². The molecule has 4 heteroatoms. The van der Waals surface area contributed by atoms with Crippen LogP contribution < -0.4 is 15.8 Å². The van der Waals surface area contributed by atoms with E-state index in [1.807, 2.05) is 31.4 Å². The highest BCUT2D eigenvalue weighted by atomic mass is 16.1. The third-order valence-electron chi connectivity index (χ3n) is 5.91. The number of anilines is 1. The standard InChI is InChI=1S/C21H31N3.C11H14O/c1-7-11-13-24(6)20(10-4)17(9-3)14-19-15-21(22-5)23-16-18(19)12-8-2;1-3-10-6-5-9(8-12)7-11(10)4-2/h9-16,22H,7-8H2,1-6H3;5-8H,3-4H2,1-2H3/b13-11+,17-9+,18-12+,19-14-,20-10-;. The molecule has 0 amide bonds. The van der Waals surface area contributed by atoms with Gasteiger partial charge in [0.1, 0.15) is 12.1 Å². The van der Waals surface area contributed by atoms with Crippen LogP contribution in [0.2, 0.25) is 0 Å². The highest BCUT2D eigenvalue weighted by Crippen LogP contribution is 2.16. The van der Waals surface area contributed by atoms with Gasteiger partial charge in [-0.25, -0.2) is 4.98 Å². The number of aldehydes is 1. The second kappa shape index (κ2) is 17.1. The van der Waals surface area contributed by atoms with E-state index < -0.39 is 0 Å². The van der Waals surface area contributed by atoms with E-state index in [-0.39, 0.29) is 0 Å². The first-order valence-electron chi connectivity index (χ1n) is 13.1. The SMILES string of the molecule is C/C=C(C(/C=c1/cc(NC)nc/c1=C\CC)=C/C)\N(C)/C=C/CC.CCc1ccc(C=O)cc1CC. The van der Waals surface area contributed by atoms with E-state index in [1.165, 1.54) is 27.6 Å². The molecule has 0 aliphatic rings. The Bertz CT molecular complexity index is 1170. The van der Waals surface area contributed by atoms with Crippen LogP contribution in [0, 0.1) is 0 Å². The van der Waals surface area contributed by atoms with Gasteiger partial charge in [0.25, 0.3) is 0 Å². The van der Waals surface area contributed by atoms with Crippen LogP contribution in [0.4, 0.5) is 5.82 Å². The number of aryl methyl sites for hydroxylation is 2. The Kier molecular flexibility index (Phi) is 14.5. The third-order valence-corrected chi connectivity index (χ3v) is 5.91. The molecule has 2 aromatic rings. The molecule has 0 atom stereocenters. The van der Waals surface area contributed by atoms with E-state index >= 15 is 0 Å². The lowest BCUT2D eigenvalue weighted by Gasteiger charge is -2.19. The number of hydrogen-bond donors (Lipinski definition) is 1. The molecule has 0 aliphatic carbocycles. The van der Waals surface area contributed by atoms with Crippen LogP contribution >= 0.6 is 0 Å². The van der Waals surface area contributed by atoms with E-state index in [4.69, 9.17) is 0 Å². The number of pyridine rings is 1. The Balaban J connectivity index is 0.000000450. The summed E-state index contributed by atoms with van der Waals surface area (Å²) < 4.78 is 0. The normalized spacial score (nSPS) is 13.0. The topological polar surface area (TPSA) is 45.2 Å². The summed E-state index contributed by atoms with van der Waals surface area (Å²) in [5, 5.41) is 5.46. The zero-order chi connectivity index (χ0) is 26.9. The first-order chi connectivity index (χ1) is 17.4. The Morgan fingerprint density at radius 2 is 1.69 bits per heavy atom. The van der Waals surface area contributed by atoms with Crippen LogP contribution in [-0.2, 0) is 12.8 Å². The summed E-state index contributed by atoms with van der Waals surface area (Å²) >= 11 is 0. The van der Waals surface area contributed by atoms with Crippen molar-refractivity contribution >= 4 is 24.3 Å². The predicted octanol–water partition coefficient (Wildman–Crippen LogP) is 6.42. The summed E-state index contributed by atoms with van der Waals surface area (Å²) in [4.78, 5) is 17.1. The van der Waals surface area contributed by atoms with Gasteiger partial charge in [0.2, 0.25) is 0 Å². The summed E-state index contributed by atoms with van der Waals surface area (Å²) in [5.41, 5.74) is 5.81. The molecule has 2 rings (SSSR count). The lowest BCUT2D eigenvalue weighted by Crippen LogP contribution is -2.26. The van der Waals surface area contributed by atoms with Crippen LogP contribution in [0.5, 0.6) is 0 Å². The van der Waals surface area contributed by atoms with E-state index in [1.54, 1.807) is 0 Å². The molecule has 1 N–H and O–H groups in total. The molecule has 0 saturated heterocycles. The van der Waals surface area contributed by atoms with Crippen molar-refractivity contribution in [3.8, 4) is 0 Å². The quantitative estimate of drug-likeness (QED) is 0.310. The zero-order valence-corrected chi connectivity index (χ0v) is 23.6. The highest BCUT2D eigenvalue weighted by Gasteiger charge is 2.05. The van der Waals surface area contributed by atoms with E-state index in [9.17, 15) is 4.79 Å². The Hall–Kier alpha value is -3.40. The average Bonchev–Trinajstić information content (AvgIpc) is 2.92. The molecule has 0 radical (unpaired) electrons. The molecule has 0 bridgehead atoms. The third kappa shape index (κ3) is 9.33. The smallest absolute Gasteiger partial charge is 0.150 e. The molecule has 0 fully saturated rings. The summed E-state index contributed by atoms with van der Waals surface area (Å²) in [7, 11) is 3.98. The summed E-state index contributed by atoms with van der Waals surface area (Å²) in [5.74, 6) is 0.881. The monoisotopic (exact) mass is 487 g/mol. The largest absolute Gasteiger partial charge is 0.373 e. The summed E-state index contributed by atoms with van der Waals surface area (Å²) in [6.45, 7) is 12.7. The number of carbonyl (C=O) groups excluding carboxylic acids is 1. The molecule has 1 aromatic carbocycles. The maximum atomic E-state index is 10.5. The number of carbonyl (C=O) groups is 1. The molecule has 1 aromatic heterocycles. The van der Waals surface area contributed by atoms with Gasteiger partial charge in [-0.1, -0.05) is 64.1 Å². The molecular formula is C32H45N3O. The Labute approximate surface area is 218 Å². The van der Waals surface area contributed by atoms with Gasteiger partial charge in [0.15, 0.2) is 0 Å². The van der Waals surface area contributed by atoms with Crippen molar-refractivity contribution in [1.29, 1.82) is 0 Å².